The molecule has 0 spiro atoms. The SMILES string of the molecule is CS(=O)(=O)c1cc(F)ccc1CCBr. The summed E-state index contributed by atoms with van der Waals surface area (Å²) in [5.41, 5.74) is 0.644. The molecule has 0 aliphatic rings. The molecule has 1 aromatic carbocycles. The molecule has 0 aliphatic carbocycles. The molecule has 0 saturated heterocycles. The molecule has 5 heteroatoms. The van der Waals surface area contributed by atoms with Crippen LogP contribution in [0.1, 0.15) is 5.56 Å². The number of benzene rings is 1. The Hall–Kier alpha value is -0.420. The van der Waals surface area contributed by atoms with Crippen LogP contribution in [0.15, 0.2) is 23.1 Å². The third kappa shape index (κ3) is 2.78. The third-order valence-electron chi connectivity index (χ3n) is 1.79. The highest BCUT2D eigenvalue weighted by Crippen LogP contribution is 2.18. The molecule has 2 nitrogen and oxygen atoms in total. The summed E-state index contributed by atoms with van der Waals surface area (Å²) in [5, 5.41) is 0.654. The maximum absolute atomic E-state index is 12.8. The first-order chi connectivity index (χ1) is 6.45. The van der Waals surface area contributed by atoms with Crippen LogP contribution in [-0.4, -0.2) is 20.0 Å². The van der Waals surface area contributed by atoms with E-state index in [9.17, 15) is 12.8 Å². The van der Waals surface area contributed by atoms with E-state index in [-0.39, 0.29) is 4.90 Å². The molecule has 0 aromatic heterocycles. The quantitative estimate of drug-likeness (QED) is 0.796. The van der Waals surface area contributed by atoms with Gasteiger partial charge in [0.15, 0.2) is 9.84 Å². The van der Waals surface area contributed by atoms with Crippen molar-refractivity contribution in [1.82, 2.24) is 0 Å². The highest BCUT2D eigenvalue weighted by atomic mass is 79.9. The fourth-order valence-electron chi connectivity index (χ4n) is 1.18. The van der Waals surface area contributed by atoms with E-state index in [1.54, 1.807) is 0 Å². The number of halogens is 2. The van der Waals surface area contributed by atoms with Crippen molar-refractivity contribution in [2.24, 2.45) is 0 Å². The van der Waals surface area contributed by atoms with Gasteiger partial charge >= 0.3 is 0 Å². The summed E-state index contributed by atoms with van der Waals surface area (Å²) < 4.78 is 35.4. The number of alkyl halides is 1. The lowest BCUT2D eigenvalue weighted by Gasteiger charge is -2.05. The number of rotatable bonds is 3. The molecule has 1 rings (SSSR count). The van der Waals surface area contributed by atoms with E-state index in [2.05, 4.69) is 15.9 Å². The standard InChI is InChI=1S/C9H10BrFO2S/c1-14(12,13)9-6-8(11)3-2-7(9)4-5-10/h2-3,6H,4-5H2,1H3. The predicted molar refractivity (Wildman–Crippen MR) is 57.0 cm³/mol. The minimum absolute atomic E-state index is 0.0805. The Balaban J connectivity index is 3.30. The topological polar surface area (TPSA) is 34.1 Å². The summed E-state index contributed by atoms with van der Waals surface area (Å²) in [6.07, 6.45) is 1.65. The van der Waals surface area contributed by atoms with Gasteiger partial charge in [0.2, 0.25) is 0 Å². The van der Waals surface area contributed by atoms with Crippen LogP contribution in [0.4, 0.5) is 4.39 Å². The molecule has 0 N–H and O–H groups in total. The van der Waals surface area contributed by atoms with Gasteiger partial charge < -0.3 is 0 Å². The summed E-state index contributed by atoms with van der Waals surface area (Å²) in [6.45, 7) is 0. The Morgan fingerprint density at radius 2 is 2.07 bits per heavy atom. The predicted octanol–water partition coefficient (Wildman–Crippen LogP) is 2.17. The Morgan fingerprint density at radius 3 is 2.57 bits per heavy atom. The van der Waals surface area contributed by atoms with Crippen molar-refractivity contribution in [3.8, 4) is 0 Å². The first kappa shape index (κ1) is 11.7. The summed E-state index contributed by atoms with van der Waals surface area (Å²) in [7, 11) is -3.34. The zero-order chi connectivity index (χ0) is 10.8. The molecule has 0 amide bonds. The lowest BCUT2D eigenvalue weighted by atomic mass is 10.2. The second-order valence-corrected chi connectivity index (χ2v) is 5.74. The van der Waals surface area contributed by atoms with E-state index in [1.807, 2.05) is 0 Å². The fraction of sp³-hybridized carbons (Fsp3) is 0.333. The van der Waals surface area contributed by atoms with Crippen molar-refractivity contribution >= 4 is 25.8 Å². The molecule has 78 valence electrons. The Bertz CT molecular complexity index is 428. The van der Waals surface area contributed by atoms with Gasteiger partial charge in [0.05, 0.1) is 4.90 Å². The molecular formula is C9H10BrFO2S. The first-order valence-corrected chi connectivity index (χ1v) is 7.01. The van der Waals surface area contributed by atoms with Crippen molar-refractivity contribution < 1.29 is 12.8 Å². The number of sulfone groups is 1. The Morgan fingerprint density at radius 1 is 1.43 bits per heavy atom. The minimum Gasteiger partial charge on any atom is -0.224 e. The molecular weight excluding hydrogens is 271 g/mol. The molecule has 0 heterocycles. The summed E-state index contributed by atoms with van der Waals surface area (Å²) in [5.74, 6) is -0.524. The summed E-state index contributed by atoms with van der Waals surface area (Å²) in [6, 6.07) is 3.84. The second kappa shape index (κ2) is 4.40. The van der Waals surface area contributed by atoms with Gasteiger partial charge in [0.25, 0.3) is 0 Å². The van der Waals surface area contributed by atoms with E-state index in [1.165, 1.54) is 12.1 Å². The van der Waals surface area contributed by atoms with Gasteiger partial charge in [0, 0.05) is 11.6 Å². The van der Waals surface area contributed by atoms with Crippen LogP contribution in [0.5, 0.6) is 0 Å². The Kier molecular flexibility index (Phi) is 3.66. The van der Waals surface area contributed by atoms with E-state index < -0.39 is 15.7 Å². The largest absolute Gasteiger partial charge is 0.224 e. The van der Waals surface area contributed by atoms with Crippen LogP contribution in [0, 0.1) is 5.82 Å². The van der Waals surface area contributed by atoms with Crippen LogP contribution >= 0.6 is 15.9 Å². The van der Waals surface area contributed by atoms with Crippen LogP contribution in [0.25, 0.3) is 0 Å². The van der Waals surface area contributed by atoms with E-state index in [0.29, 0.717) is 17.3 Å². The maximum Gasteiger partial charge on any atom is 0.175 e. The van der Waals surface area contributed by atoms with Crippen LogP contribution < -0.4 is 0 Å². The van der Waals surface area contributed by atoms with Crippen molar-refractivity contribution in [1.29, 1.82) is 0 Å². The van der Waals surface area contributed by atoms with Crippen LogP contribution in [0.2, 0.25) is 0 Å². The smallest absolute Gasteiger partial charge is 0.175 e. The zero-order valence-corrected chi connectivity index (χ0v) is 10.0. The molecule has 0 aliphatic heterocycles. The lowest BCUT2D eigenvalue weighted by Crippen LogP contribution is -2.03. The van der Waals surface area contributed by atoms with Gasteiger partial charge in [-0.2, -0.15) is 0 Å². The van der Waals surface area contributed by atoms with Crippen molar-refractivity contribution in [3.63, 3.8) is 0 Å². The summed E-state index contributed by atoms with van der Waals surface area (Å²) >= 11 is 3.22. The van der Waals surface area contributed by atoms with Crippen molar-refractivity contribution in [2.75, 3.05) is 11.6 Å². The molecule has 0 saturated carbocycles. The number of hydrogen-bond acceptors (Lipinski definition) is 2. The fourth-order valence-corrected chi connectivity index (χ4v) is 2.58. The van der Waals surface area contributed by atoms with E-state index in [0.717, 1.165) is 12.3 Å². The lowest BCUT2D eigenvalue weighted by molar-refractivity contribution is 0.594. The average molecular weight is 281 g/mol. The van der Waals surface area contributed by atoms with Crippen molar-refractivity contribution in [2.45, 2.75) is 11.3 Å². The molecule has 0 atom stereocenters. The van der Waals surface area contributed by atoms with Gasteiger partial charge in [-0.05, 0) is 24.1 Å². The van der Waals surface area contributed by atoms with E-state index >= 15 is 0 Å². The van der Waals surface area contributed by atoms with Crippen LogP contribution in [-0.2, 0) is 16.3 Å². The highest BCUT2D eigenvalue weighted by molar-refractivity contribution is 9.09. The molecule has 0 bridgehead atoms. The van der Waals surface area contributed by atoms with E-state index in [4.69, 9.17) is 0 Å². The van der Waals surface area contributed by atoms with Gasteiger partial charge in [0.1, 0.15) is 5.82 Å². The minimum atomic E-state index is -3.34. The second-order valence-electron chi connectivity index (χ2n) is 2.96. The van der Waals surface area contributed by atoms with Gasteiger partial charge in [-0.25, -0.2) is 12.8 Å². The Labute approximate surface area is 91.2 Å². The molecule has 0 unspecified atom stereocenters. The average Bonchev–Trinajstić information content (AvgIpc) is 2.07. The first-order valence-electron chi connectivity index (χ1n) is 3.99. The normalized spacial score (nSPS) is 11.6. The third-order valence-corrected chi connectivity index (χ3v) is 3.37. The maximum atomic E-state index is 12.8. The molecule has 0 radical (unpaired) electrons. The monoisotopic (exact) mass is 280 g/mol. The molecule has 1 aromatic rings. The molecule has 14 heavy (non-hydrogen) atoms. The highest BCUT2D eigenvalue weighted by Gasteiger charge is 2.13. The molecule has 0 fully saturated rings. The van der Waals surface area contributed by atoms with Crippen molar-refractivity contribution in [3.05, 3.63) is 29.6 Å². The van der Waals surface area contributed by atoms with Gasteiger partial charge in [-0.15, -0.1) is 0 Å². The van der Waals surface area contributed by atoms with Gasteiger partial charge in [-0.3, -0.25) is 0 Å². The zero-order valence-electron chi connectivity index (χ0n) is 7.63. The summed E-state index contributed by atoms with van der Waals surface area (Å²) in [4.78, 5) is 0.0805. The van der Waals surface area contributed by atoms with Crippen LogP contribution in [0.3, 0.4) is 0 Å². The number of aryl methyl sites for hydroxylation is 1. The number of hydrogen-bond donors (Lipinski definition) is 0. The van der Waals surface area contributed by atoms with Gasteiger partial charge in [-0.1, -0.05) is 22.0 Å².